The van der Waals surface area contributed by atoms with Gasteiger partial charge in [0.1, 0.15) is 5.75 Å². The zero-order chi connectivity index (χ0) is 19.9. The maximum atomic E-state index is 12.4. The minimum Gasteiger partial charge on any atom is -0.496 e. The van der Waals surface area contributed by atoms with Crippen LogP contribution in [-0.2, 0) is 6.54 Å². The number of amides is 1. The summed E-state index contributed by atoms with van der Waals surface area (Å²) in [6.07, 6.45) is 1.53. The van der Waals surface area contributed by atoms with Crippen LogP contribution in [0.15, 0.2) is 46.0 Å². The number of guanidine groups is 1. The Morgan fingerprint density at radius 3 is 2.55 bits per heavy atom. The number of nitrogens with one attached hydrogen (secondary N) is 1. The first-order valence-electron chi connectivity index (χ1n) is 9.62. The van der Waals surface area contributed by atoms with E-state index in [-0.39, 0.29) is 29.9 Å². The Morgan fingerprint density at radius 1 is 1.21 bits per heavy atom. The molecule has 8 heteroatoms. The Balaban J connectivity index is 0.00000300. The highest BCUT2D eigenvalue weighted by Gasteiger charge is 2.25. The molecular weight excluding hydrogens is 483 g/mol. The third-order valence-electron chi connectivity index (χ3n) is 4.82. The standard InChI is InChI=1S/C21H28N4O3.HI/c1-4-22-21(23-15-17-8-7-16(2)19(14-17)27-3)25-11-9-24(10-12-25)20(26)18-6-5-13-28-18;/h5-8,13-14H,4,9-12,15H2,1-3H3,(H,22,23);1H. The van der Waals surface area contributed by atoms with Crippen LogP contribution in [0.4, 0.5) is 0 Å². The number of ether oxygens (including phenoxy) is 1. The summed E-state index contributed by atoms with van der Waals surface area (Å²) >= 11 is 0. The average molecular weight is 512 g/mol. The number of halogens is 1. The van der Waals surface area contributed by atoms with E-state index in [1.54, 1.807) is 19.2 Å². The second-order valence-corrected chi connectivity index (χ2v) is 6.73. The summed E-state index contributed by atoms with van der Waals surface area (Å²) in [5, 5.41) is 3.36. The van der Waals surface area contributed by atoms with Crippen LogP contribution in [0.5, 0.6) is 5.75 Å². The Morgan fingerprint density at radius 2 is 1.93 bits per heavy atom. The number of carbonyl (C=O) groups is 1. The van der Waals surface area contributed by atoms with Crippen LogP contribution >= 0.6 is 24.0 Å². The number of piperazine rings is 1. The van der Waals surface area contributed by atoms with Gasteiger partial charge in [-0.15, -0.1) is 24.0 Å². The number of nitrogens with zero attached hydrogens (tertiary/aromatic N) is 3. The highest BCUT2D eigenvalue weighted by Crippen LogP contribution is 2.19. The highest BCUT2D eigenvalue weighted by atomic mass is 127. The van der Waals surface area contributed by atoms with Gasteiger partial charge in [-0.3, -0.25) is 4.79 Å². The molecule has 0 atom stereocenters. The van der Waals surface area contributed by atoms with E-state index >= 15 is 0 Å². The van der Waals surface area contributed by atoms with Gasteiger partial charge in [0.15, 0.2) is 11.7 Å². The summed E-state index contributed by atoms with van der Waals surface area (Å²) in [6.45, 7) is 8.20. The topological polar surface area (TPSA) is 70.3 Å². The van der Waals surface area contributed by atoms with Crippen molar-refractivity contribution in [2.24, 2.45) is 4.99 Å². The first kappa shape index (κ1) is 23.1. The predicted octanol–water partition coefficient (Wildman–Crippen LogP) is 3.14. The van der Waals surface area contributed by atoms with Crippen LogP contribution in [0.1, 0.15) is 28.6 Å². The maximum absolute atomic E-state index is 12.4. The van der Waals surface area contributed by atoms with E-state index in [0.717, 1.165) is 42.5 Å². The van der Waals surface area contributed by atoms with Crippen molar-refractivity contribution in [2.45, 2.75) is 20.4 Å². The van der Waals surface area contributed by atoms with E-state index in [1.165, 1.54) is 6.26 Å². The Kier molecular flexibility index (Phi) is 8.81. The Hall–Kier alpha value is -2.23. The average Bonchev–Trinajstić information content (AvgIpc) is 3.26. The minimum absolute atomic E-state index is 0. The number of hydrogen-bond acceptors (Lipinski definition) is 4. The fraction of sp³-hybridized carbons (Fsp3) is 0.429. The second kappa shape index (κ2) is 11.1. The number of hydrogen-bond donors (Lipinski definition) is 1. The van der Waals surface area contributed by atoms with Crippen molar-refractivity contribution in [3.63, 3.8) is 0 Å². The van der Waals surface area contributed by atoms with E-state index in [2.05, 4.69) is 29.3 Å². The number of furan rings is 1. The van der Waals surface area contributed by atoms with Gasteiger partial charge in [-0.05, 0) is 43.2 Å². The van der Waals surface area contributed by atoms with Gasteiger partial charge < -0.3 is 24.3 Å². The molecule has 158 valence electrons. The third-order valence-corrected chi connectivity index (χ3v) is 4.82. The van der Waals surface area contributed by atoms with Crippen molar-refractivity contribution in [3.8, 4) is 5.75 Å². The third kappa shape index (κ3) is 5.88. The van der Waals surface area contributed by atoms with Crippen molar-refractivity contribution in [3.05, 3.63) is 53.5 Å². The predicted molar refractivity (Wildman–Crippen MR) is 124 cm³/mol. The Bertz CT molecular complexity index is 815. The van der Waals surface area contributed by atoms with E-state index in [9.17, 15) is 4.79 Å². The van der Waals surface area contributed by atoms with Crippen molar-refractivity contribution < 1.29 is 13.9 Å². The number of aliphatic imine (C=N–C) groups is 1. The zero-order valence-corrected chi connectivity index (χ0v) is 19.5. The zero-order valence-electron chi connectivity index (χ0n) is 17.2. The normalized spacial score (nSPS) is 14.4. The van der Waals surface area contributed by atoms with Gasteiger partial charge in [0.25, 0.3) is 5.91 Å². The van der Waals surface area contributed by atoms with Crippen molar-refractivity contribution in [1.82, 2.24) is 15.1 Å². The lowest BCUT2D eigenvalue weighted by Crippen LogP contribution is -2.53. The van der Waals surface area contributed by atoms with Gasteiger partial charge in [-0.1, -0.05) is 12.1 Å². The van der Waals surface area contributed by atoms with Gasteiger partial charge in [0.05, 0.1) is 19.9 Å². The molecule has 2 heterocycles. The molecule has 1 aliphatic rings. The van der Waals surface area contributed by atoms with Crippen LogP contribution in [0, 0.1) is 6.92 Å². The molecule has 1 amide bonds. The van der Waals surface area contributed by atoms with Crippen LogP contribution in [-0.4, -0.2) is 61.5 Å². The van der Waals surface area contributed by atoms with E-state index in [4.69, 9.17) is 14.1 Å². The molecule has 0 unspecified atom stereocenters. The number of aryl methyl sites for hydroxylation is 1. The fourth-order valence-electron chi connectivity index (χ4n) is 3.23. The molecule has 2 aromatic rings. The molecule has 29 heavy (non-hydrogen) atoms. The van der Waals surface area contributed by atoms with E-state index in [1.807, 2.05) is 17.9 Å². The van der Waals surface area contributed by atoms with Crippen molar-refractivity contribution in [2.75, 3.05) is 39.8 Å². The second-order valence-electron chi connectivity index (χ2n) is 6.73. The van der Waals surface area contributed by atoms with Crippen molar-refractivity contribution in [1.29, 1.82) is 0 Å². The minimum atomic E-state index is -0.0571. The molecule has 0 spiro atoms. The lowest BCUT2D eigenvalue weighted by molar-refractivity contribution is 0.0657. The molecule has 0 aliphatic carbocycles. The molecular formula is C21H29IN4O3. The smallest absolute Gasteiger partial charge is 0.289 e. The van der Waals surface area contributed by atoms with Gasteiger partial charge >= 0.3 is 0 Å². The van der Waals surface area contributed by atoms with Crippen LogP contribution in [0.2, 0.25) is 0 Å². The summed E-state index contributed by atoms with van der Waals surface area (Å²) in [6, 6.07) is 9.60. The van der Waals surface area contributed by atoms with Gasteiger partial charge in [0.2, 0.25) is 0 Å². The first-order chi connectivity index (χ1) is 13.6. The van der Waals surface area contributed by atoms with Crippen LogP contribution < -0.4 is 10.1 Å². The molecule has 1 aromatic carbocycles. The molecule has 3 rings (SSSR count). The number of carbonyl (C=O) groups excluding carboxylic acids is 1. The number of rotatable bonds is 5. The van der Waals surface area contributed by atoms with Gasteiger partial charge in [-0.2, -0.15) is 0 Å². The molecule has 7 nitrogen and oxygen atoms in total. The molecule has 1 saturated heterocycles. The fourth-order valence-corrected chi connectivity index (χ4v) is 3.23. The summed E-state index contributed by atoms with van der Waals surface area (Å²) in [5.74, 6) is 2.08. The summed E-state index contributed by atoms with van der Waals surface area (Å²) < 4.78 is 10.6. The first-order valence-corrected chi connectivity index (χ1v) is 9.62. The van der Waals surface area contributed by atoms with Crippen LogP contribution in [0.25, 0.3) is 0 Å². The van der Waals surface area contributed by atoms with Crippen LogP contribution in [0.3, 0.4) is 0 Å². The lowest BCUT2D eigenvalue weighted by atomic mass is 10.1. The molecule has 1 aromatic heterocycles. The molecule has 1 aliphatic heterocycles. The highest BCUT2D eigenvalue weighted by molar-refractivity contribution is 14.0. The Labute approximate surface area is 189 Å². The summed E-state index contributed by atoms with van der Waals surface area (Å²) in [4.78, 5) is 21.2. The van der Waals surface area contributed by atoms with E-state index < -0.39 is 0 Å². The number of benzene rings is 1. The monoisotopic (exact) mass is 512 g/mol. The largest absolute Gasteiger partial charge is 0.496 e. The quantitative estimate of drug-likeness (QED) is 0.379. The molecule has 1 N–H and O–H groups in total. The van der Waals surface area contributed by atoms with E-state index in [0.29, 0.717) is 25.4 Å². The molecule has 0 radical (unpaired) electrons. The molecule has 1 fully saturated rings. The number of methoxy groups -OCH3 is 1. The van der Waals surface area contributed by atoms with Gasteiger partial charge in [0, 0.05) is 32.7 Å². The lowest BCUT2D eigenvalue weighted by Gasteiger charge is -2.36. The SMILES string of the molecule is CCNC(=NCc1ccc(C)c(OC)c1)N1CCN(C(=O)c2ccco2)CC1.I. The molecule has 0 bridgehead atoms. The summed E-state index contributed by atoms with van der Waals surface area (Å²) in [7, 11) is 1.68. The van der Waals surface area contributed by atoms with Gasteiger partial charge in [-0.25, -0.2) is 4.99 Å². The maximum Gasteiger partial charge on any atom is 0.289 e. The van der Waals surface area contributed by atoms with Crippen molar-refractivity contribution >= 4 is 35.8 Å². The molecule has 0 saturated carbocycles. The summed E-state index contributed by atoms with van der Waals surface area (Å²) in [5.41, 5.74) is 2.21.